The molecule has 0 unspecified atom stereocenters. The van der Waals surface area contributed by atoms with Gasteiger partial charge in [-0.15, -0.1) is 0 Å². The van der Waals surface area contributed by atoms with Gasteiger partial charge in [-0.25, -0.2) is 0 Å². The Morgan fingerprint density at radius 2 is 1.20 bits per heavy atom. The summed E-state index contributed by atoms with van der Waals surface area (Å²) in [4.78, 5) is 4.93. The van der Waals surface area contributed by atoms with Gasteiger partial charge >= 0.3 is 0 Å². The van der Waals surface area contributed by atoms with Gasteiger partial charge in [-0.1, -0.05) is 0 Å². The van der Waals surface area contributed by atoms with Crippen LogP contribution in [0.2, 0.25) is 0 Å². The van der Waals surface area contributed by atoms with E-state index in [4.69, 9.17) is 18.9 Å². The average molecular weight is 286 g/mol. The summed E-state index contributed by atoms with van der Waals surface area (Å²) < 4.78 is 22.2. The molecule has 3 rings (SSSR count). The molecule has 0 aliphatic carbocycles. The highest BCUT2D eigenvalue weighted by molar-refractivity contribution is 4.86. The van der Waals surface area contributed by atoms with Crippen molar-refractivity contribution in [1.29, 1.82) is 0 Å². The summed E-state index contributed by atoms with van der Waals surface area (Å²) in [6.45, 7) is 11.3. The molecular weight excluding hydrogens is 260 g/mol. The van der Waals surface area contributed by atoms with E-state index in [1.165, 1.54) is 0 Å². The van der Waals surface area contributed by atoms with E-state index in [0.29, 0.717) is 12.1 Å². The van der Waals surface area contributed by atoms with E-state index < -0.39 is 0 Å². The SMILES string of the molecule is C[C@@H]1CN(CC2OCCO2)C[C@H](C)N1CC1OCCO1. The number of hydrogen-bond donors (Lipinski definition) is 0. The van der Waals surface area contributed by atoms with Crippen LogP contribution in [-0.2, 0) is 18.9 Å². The quantitative estimate of drug-likeness (QED) is 0.732. The number of piperazine rings is 1. The Bertz CT molecular complexity index is 294. The fourth-order valence-electron chi connectivity index (χ4n) is 3.38. The van der Waals surface area contributed by atoms with E-state index in [1.807, 2.05) is 0 Å². The molecule has 116 valence electrons. The number of rotatable bonds is 4. The zero-order valence-electron chi connectivity index (χ0n) is 12.5. The van der Waals surface area contributed by atoms with Crippen molar-refractivity contribution in [1.82, 2.24) is 9.80 Å². The van der Waals surface area contributed by atoms with E-state index in [9.17, 15) is 0 Å². The molecule has 0 aromatic heterocycles. The molecule has 0 spiro atoms. The lowest BCUT2D eigenvalue weighted by Crippen LogP contribution is -2.59. The second-order valence-electron chi connectivity index (χ2n) is 5.96. The molecule has 6 heteroatoms. The number of nitrogens with zero attached hydrogens (tertiary/aromatic N) is 2. The molecule has 20 heavy (non-hydrogen) atoms. The van der Waals surface area contributed by atoms with Crippen molar-refractivity contribution in [2.45, 2.75) is 38.5 Å². The van der Waals surface area contributed by atoms with Crippen molar-refractivity contribution in [3.05, 3.63) is 0 Å². The van der Waals surface area contributed by atoms with Crippen LogP contribution in [0.5, 0.6) is 0 Å². The molecule has 0 N–H and O–H groups in total. The summed E-state index contributed by atoms with van der Waals surface area (Å²) in [5.74, 6) is 0. The maximum absolute atomic E-state index is 5.57. The Labute approximate surface area is 120 Å². The van der Waals surface area contributed by atoms with Gasteiger partial charge in [0.15, 0.2) is 12.6 Å². The van der Waals surface area contributed by atoms with Crippen LogP contribution in [0, 0.1) is 0 Å². The van der Waals surface area contributed by atoms with E-state index in [2.05, 4.69) is 23.6 Å². The largest absolute Gasteiger partial charge is 0.349 e. The molecule has 0 saturated carbocycles. The Hall–Kier alpha value is -0.240. The maximum Gasteiger partial charge on any atom is 0.170 e. The summed E-state index contributed by atoms with van der Waals surface area (Å²) >= 11 is 0. The van der Waals surface area contributed by atoms with E-state index >= 15 is 0 Å². The highest BCUT2D eigenvalue weighted by Gasteiger charge is 2.33. The molecular formula is C14H26N2O4. The second kappa shape index (κ2) is 6.68. The summed E-state index contributed by atoms with van der Waals surface area (Å²) in [5, 5.41) is 0. The standard InChI is InChI=1S/C14H26N2O4/c1-11-7-15(9-13-17-3-4-18-13)8-12(2)16(11)10-14-19-5-6-20-14/h11-14H,3-10H2,1-2H3/t11-,12+. The van der Waals surface area contributed by atoms with Gasteiger partial charge in [0.05, 0.1) is 33.0 Å². The van der Waals surface area contributed by atoms with Crippen LogP contribution < -0.4 is 0 Å². The van der Waals surface area contributed by atoms with Crippen LogP contribution in [0.1, 0.15) is 13.8 Å². The van der Waals surface area contributed by atoms with Crippen molar-refractivity contribution < 1.29 is 18.9 Å². The van der Waals surface area contributed by atoms with Crippen LogP contribution in [0.15, 0.2) is 0 Å². The molecule has 0 aromatic rings. The molecule has 0 bridgehead atoms. The highest BCUT2D eigenvalue weighted by atomic mass is 16.7. The Morgan fingerprint density at radius 3 is 1.70 bits per heavy atom. The molecule has 3 saturated heterocycles. The fraction of sp³-hybridized carbons (Fsp3) is 1.00. The lowest BCUT2D eigenvalue weighted by molar-refractivity contribution is -0.103. The van der Waals surface area contributed by atoms with Crippen LogP contribution in [0.4, 0.5) is 0 Å². The smallest absolute Gasteiger partial charge is 0.170 e. The first kappa shape index (κ1) is 14.7. The van der Waals surface area contributed by atoms with Gasteiger partial charge in [0, 0.05) is 31.7 Å². The molecule has 3 fully saturated rings. The van der Waals surface area contributed by atoms with Crippen molar-refractivity contribution in [3.63, 3.8) is 0 Å². The van der Waals surface area contributed by atoms with Gasteiger partial charge < -0.3 is 18.9 Å². The summed E-state index contributed by atoms with van der Waals surface area (Å²) in [6, 6.07) is 0.987. The molecule has 3 heterocycles. The van der Waals surface area contributed by atoms with Gasteiger partial charge in [0.2, 0.25) is 0 Å². The van der Waals surface area contributed by atoms with Gasteiger partial charge in [-0.2, -0.15) is 0 Å². The normalized spacial score (nSPS) is 35.1. The van der Waals surface area contributed by atoms with Crippen LogP contribution >= 0.6 is 0 Å². The monoisotopic (exact) mass is 286 g/mol. The summed E-state index contributed by atoms with van der Waals surface area (Å²) in [5.41, 5.74) is 0. The van der Waals surface area contributed by atoms with Gasteiger partial charge in [-0.3, -0.25) is 9.80 Å². The van der Waals surface area contributed by atoms with E-state index in [1.54, 1.807) is 0 Å². The highest BCUT2D eigenvalue weighted by Crippen LogP contribution is 2.19. The molecule has 0 radical (unpaired) electrons. The van der Waals surface area contributed by atoms with Gasteiger partial charge in [-0.05, 0) is 13.8 Å². The van der Waals surface area contributed by atoms with Crippen LogP contribution in [0.3, 0.4) is 0 Å². The molecule has 0 amide bonds. The number of ether oxygens (including phenoxy) is 4. The Morgan fingerprint density at radius 1 is 0.750 bits per heavy atom. The molecule has 6 nitrogen and oxygen atoms in total. The predicted octanol–water partition coefficient (Wildman–Crippen LogP) is 0.127. The minimum Gasteiger partial charge on any atom is -0.349 e. The van der Waals surface area contributed by atoms with Gasteiger partial charge in [0.25, 0.3) is 0 Å². The van der Waals surface area contributed by atoms with Crippen LogP contribution in [0.25, 0.3) is 0 Å². The zero-order valence-corrected chi connectivity index (χ0v) is 12.5. The third kappa shape index (κ3) is 3.50. The minimum absolute atomic E-state index is 0.0394. The Balaban J connectivity index is 1.49. The summed E-state index contributed by atoms with van der Waals surface area (Å²) in [6.07, 6.45) is -0.0876. The number of hydrogen-bond acceptors (Lipinski definition) is 6. The first-order valence-electron chi connectivity index (χ1n) is 7.67. The van der Waals surface area contributed by atoms with E-state index in [0.717, 1.165) is 52.6 Å². The van der Waals surface area contributed by atoms with Crippen LogP contribution in [-0.4, -0.2) is 87.1 Å². The third-order valence-electron chi connectivity index (χ3n) is 4.33. The topological polar surface area (TPSA) is 43.4 Å². The fourth-order valence-corrected chi connectivity index (χ4v) is 3.38. The van der Waals surface area contributed by atoms with Crippen molar-refractivity contribution >= 4 is 0 Å². The maximum atomic E-state index is 5.57. The van der Waals surface area contributed by atoms with Crippen molar-refractivity contribution in [3.8, 4) is 0 Å². The summed E-state index contributed by atoms with van der Waals surface area (Å²) in [7, 11) is 0. The predicted molar refractivity (Wildman–Crippen MR) is 73.5 cm³/mol. The average Bonchev–Trinajstić information content (AvgIpc) is 3.06. The zero-order chi connectivity index (χ0) is 13.9. The van der Waals surface area contributed by atoms with Crippen molar-refractivity contribution in [2.75, 3.05) is 52.6 Å². The molecule has 2 atom stereocenters. The van der Waals surface area contributed by atoms with Gasteiger partial charge in [0.1, 0.15) is 0 Å². The minimum atomic E-state index is -0.0482. The van der Waals surface area contributed by atoms with Crippen molar-refractivity contribution in [2.24, 2.45) is 0 Å². The molecule has 3 aliphatic rings. The third-order valence-corrected chi connectivity index (χ3v) is 4.33. The first-order valence-corrected chi connectivity index (χ1v) is 7.67. The second-order valence-corrected chi connectivity index (χ2v) is 5.96. The Kier molecular flexibility index (Phi) is 4.91. The molecule has 3 aliphatic heterocycles. The lowest BCUT2D eigenvalue weighted by atomic mass is 10.1. The first-order chi connectivity index (χ1) is 9.72. The lowest BCUT2D eigenvalue weighted by Gasteiger charge is -2.45. The van der Waals surface area contributed by atoms with E-state index in [-0.39, 0.29) is 12.6 Å². The molecule has 0 aromatic carbocycles.